The lowest BCUT2D eigenvalue weighted by Gasteiger charge is -2.18. The molecule has 2 heteroatoms. The predicted molar refractivity (Wildman–Crippen MR) is 54.5 cm³/mol. The summed E-state index contributed by atoms with van der Waals surface area (Å²) in [7, 11) is 0. The molecule has 1 aromatic rings. The van der Waals surface area contributed by atoms with Crippen molar-refractivity contribution in [3.63, 3.8) is 0 Å². The molecule has 0 spiro atoms. The summed E-state index contributed by atoms with van der Waals surface area (Å²) in [6.45, 7) is 6.51. The van der Waals surface area contributed by atoms with Crippen LogP contribution in [0.5, 0.6) is 0 Å². The molecule has 1 rings (SSSR count). The molecule has 1 N–H and O–H groups in total. The SMILES string of the molecule is CC(C)(C)c1ccc(/C=N\O)cc1. The Labute approximate surface area is 78.9 Å². The predicted octanol–water partition coefficient (Wildman–Crippen LogP) is 2.79. The topological polar surface area (TPSA) is 32.6 Å². The maximum absolute atomic E-state index is 8.32. The van der Waals surface area contributed by atoms with Gasteiger partial charge in [-0.2, -0.15) is 0 Å². The lowest BCUT2D eigenvalue weighted by Crippen LogP contribution is -2.10. The Hall–Kier alpha value is -1.31. The first-order valence-electron chi connectivity index (χ1n) is 4.32. The van der Waals surface area contributed by atoms with Crippen molar-refractivity contribution in [2.75, 3.05) is 0 Å². The van der Waals surface area contributed by atoms with Gasteiger partial charge in [-0.05, 0) is 16.5 Å². The molecule has 1 aromatic carbocycles. The van der Waals surface area contributed by atoms with Crippen molar-refractivity contribution in [2.24, 2.45) is 5.16 Å². The maximum Gasteiger partial charge on any atom is 0.0733 e. The third-order valence-corrected chi connectivity index (χ3v) is 1.98. The van der Waals surface area contributed by atoms with Crippen molar-refractivity contribution < 1.29 is 5.21 Å². The van der Waals surface area contributed by atoms with Gasteiger partial charge in [-0.1, -0.05) is 50.2 Å². The molecule has 0 saturated heterocycles. The fourth-order valence-electron chi connectivity index (χ4n) is 1.14. The van der Waals surface area contributed by atoms with E-state index < -0.39 is 0 Å². The quantitative estimate of drug-likeness (QED) is 0.399. The first kappa shape index (κ1) is 9.78. The van der Waals surface area contributed by atoms with E-state index >= 15 is 0 Å². The standard InChI is InChI=1S/C11H15NO/c1-11(2,3)10-6-4-9(5-7-10)8-12-13/h4-8,13H,1-3H3/b12-8-. The zero-order valence-corrected chi connectivity index (χ0v) is 8.28. The number of benzene rings is 1. The largest absolute Gasteiger partial charge is 0.411 e. The lowest BCUT2D eigenvalue weighted by atomic mass is 9.87. The molecule has 0 bridgehead atoms. The van der Waals surface area contributed by atoms with Crippen LogP contribution in [0.4, 0.5) is 0 Å². The van der Waals surface area contributed by atoms with Gasteiger partial charge in [0.2, 0.25) is 0 Å². The van der Waals surface area contributed by atoms with Gasteiger partial charge in [0.05, 0.1) is 6.21 Å². The minimum atomic E-state index is 0.175. The van der Waals surface area contributed by atoms with Crippen LogP contribution in [0.2, 0.25) is 0 Å². The van der Waals surface area contributed by atoms with E-state index in [9.17, 15) is 0 Å². The van der Waals surface area contributed by atoms with Crippen molar-refractivity contribution in [3.05, 3.63) is 35.4 Å². The minimum absolute atomic E-state index is 0.175. The molecule has 0 aliphatic carbocycles. The molecule has 13 heavy (non-hydrogen) atoms. The summed E-state index contributed by atoms with van der Waals surface area (Å²) in [6.07, 6.45) is 1.42. The van der Waals surface area contributed by atoms with Crippen LogP contribution in [-0.4, -0.2) is 11.4 Å². The Morgan fingerprint density at radius 1 is 1.15 bits per heavy atom. The number of hydrogen-bond acceptors (Lipinski definition) is 2. The van der Waals surface area contributed by atoms with Crippen molar-refractivity contribution in [1.82, 2.24) is 0 Å². The van der Waals surface area contributed by atoms with E-state index in [-0.39, 0.29) is 5.41 Å². The zero-order chi connectivity index (χ0) is 9.90. The normalized spacial score (nSPS) is 12.2. The van der Waals surface area contributed by atoms with Gasteiger partial charge in [-0.25, -0.2) is 0 Å². The molecule has 70 valence electrons. The highest BCUT2D eigenvalue weighted by molar-refractivity contribution is 5.79. The van der Waals surface area contributed by atoms with Crippen molar-refractivity contribution in [3.8, 4) is 0 Å². The summed E-state index contributed by atoms with van der Waals surface area (Å²) in [5.41, 5.74) is 2.37. The van der Waals surface area contributed by atoms with E-state index in [1.54, 1.807) is 0 Å². The molecule has 0 amide bonds. The maximum atomic E-state index is 8.32. The number of hydrogen-bond donors (Lipinski definition) is 1. The second kappa shape index (κ2) is 3.60. The molecular weight excluding hydrogens is 162 g/mol. The van der Waals surface area contributed by atoms with Gasteiger partial charge in [-0.15, -0.1) is 0 Å². The summed E-state index contributed by atoms with van der Waals surface area (Å²) in [5, 5.41) is 11.3. The molecule has 0 heterocycles. The van der Waals surface area contributed by atoms with Gasteiger partial charge in [0.15, 0.2) is 0 Å². The Kier molecular flexibility index (Phi) is 2.71. The summed E-state index contributed by atoms with van der Waals surface area (Å²) < 4.78 is 0. The van der Waals surface area contributed by atoms with Gasteiger partial charge in [0.25, 0.3) is 0 Å². The first-order valence-corrected chi connectivity index (χ1v) is 4.32. The number of oxime groups is 1. The third kappa shape index (κ3) is 2.58. The molecule has 0 saturated carbocycles. The summed E-state index contributed by atoms with van der Waals surface area (Å²) >= 11 is 0. The van der Waals surface area contributed by atoms with Crippen LogP contribution >= 0.6 is 0 Å². The van der Waals surface area contributed by atoms with Gasteiger partial charge in [0.1, 0.15) is 0 Å². The second-order valence-corrected chi connectivity index (χ2v) is 4.12. The van der Waals surface area contributed by atoms with Crippen LogP contribution in [0.15, 0.2) is 29.4 Å². The Morgan fingerprint density at radius 3 is 2.08 bits per heavy atom. The lowest BCUT2D eigenvalue weighted by molar-refractivity contribution is 0.322. The van der Waals surface area contributed by atoms with E-state index in [0.29, 0.717) is 0 Å². The number of rotatable bonds is 1. The molecule has 2 nitrogen and oxygen atoms in total. The molecular formula is C11H15NO. The van der Waals surface area contributed by atoms with Crippen molar-refractivity contribution >= 4 is 6.21 Å². The van der Waals surface area contributed by atoms with Gasteiger partial charge >= 0.3 is 0 Å². The van der Waals surface area contributed by atoms with Gasteiger partial charge < -0.3 is 5.21 Å². The number of nitrogens with zero attached hydrogens (tertiary/aromatic N) is 1. The molecule has 0 atom stereocenters. The van der Waals surface area contributed by atoms with Crippen LogP contribution in [0.25, 0.3) is 0 Å². The highest BCUT2D eigenvalue weighted by Gasteiger charge is 2.12. The van der Waals surface area contributed by atoms with Crippen molar-refractivity contribution in [2.45, 2.75) is 26.2 Å². The van der Waals surface area contributed by atoms with E-state index in [1.165, 1.54) is 11.8 Å². The molecule has 0 radical (unpaired) electrons. The minimum Gasteiger partial charge on any atom is -0.411 e. The average Bonchev–Trinajstić information content (AvgIpc) is 2.04. The Balaban J connectivity index is 2.94. The fourth-order valence-corrected chi connectivity index (χ4v) is 1.14. The Bertz CT molecular complexity index is 293. The smallest absolute Gasteiger partial charge is 0.0733 e. The van der Waals surface area contributed by atoms with Crippen molar-refractivity contribution in [1.29, 1.82) is 0 Å². The second-order valence-electron chi connectivity index (χ2n) is 4.12. The average molecular weight is 177 g/mol. The van der Waals surface area contributed by atoms with Crippen LogP contribution < -0.4 is 0 Å². The zero-order valence-electron chi connectivity index (χ0n) is 8.28. The fraction of sp³-hybridized carbons (Fsp3) is 0.364. The first-order chi connectivity index (χ1) is 6.04. The molecule has 0 unspecified atom stereocenters. The summed E-state index contributed by atoms with van der Waals surface area (Å²) in [4.78, 5) is 0. The third-order valence-electron chi connectivity index (χ3n) is 1.98. The Morgan fingerprint density at radius 2 is 1.69 bits per heavy atom. The van der Waals surface area contributed by atoms with E-state index in [2.05, 4.69) is 38.1 Å². The molecule has 0 aromatic heterocycles. The highest BCUT2D eigenvalue weighted by Crippen LogP contribution is 2.21. The van der Waals surface area contributed by atoms with Gasteiger partial charge in [-0.3, -0.25) is 0 Å². The highest BCUT2D eigenvalue weighted by atomic mass is 16.4. The molecule has 0 aliphatic rings. The monoisotopic (exact) mass is 177 g/mol. The van der Waals surface area contributed by atoms with E-state index in [4.69, 9.17) is 5.21 Å². The van der Waals surface area contributed by atoms with E-state index in [1.807, 2.05) is 12.1 Å². The van der Waals surface area contributed by atoms with Crippen LogP contribution in [0, 0.1) is 0 Å². The summed E-state index contributed by atoms with van der Waals surface area (Å²) in [6, 6.07) is 7.99. The molecule has 0 aliphatic heterocycles. The van der Waals surface area contributed by atoms with Gasteiger partial charge in [0, 0.05) is 0 Å². The van der Waals surface area contributed by atoms with Crippen LogP contribution in [0.1, 0.15) is 31.9 Å². The summed E-state index contributed by atoms with van der Waals surface area (Å²) in [5.74, 6) is 0. The molecule has 0 fully saturated rings. The van der Waals surface area contributed by atoms with Crippen LogP contribution in [-0.2, 0) is 5.41 Å². The van der Waals surface area contributed by atoms with Crippen LogP contribution in [0.3, 0.4) is 0 Å². The van der Waals surface area contributed by atoms with E-state index in [0.717, 1.165) is 5.56 Å².